The molecular formula is C18H33N5O. The topological polar surface area (TPSA) is 95.8 Å². The predicted octanol–water partition coefficient (Wildman–Crippen LogP) is 3.04. The summed E-state index contributed by atoms with van der Waals surface area (Å²) in [5.41, 5.74) is 5.99. The zero-order chi connectivity index (χ0) is 17.0. The van der Waals surface area contributed by atoms with Crippen LogP contribution in [0, 0.1) is 5.92 Å². The lowest BCUT2D eigenvalue weighted by Crippen LogP contribution is -2.24. The largest absolute Gasteiger partial charge is 0.369 e. The van der Waals surface area contributed by atoms with Gasteiger partial charge >= 0.3 is 0 Å². The van der Waals surface area contributed by atoms with Gasteiger partial charge in [0.1, 0.15) is 11.5 Å². The molecule has 1 aromatic heterocycles. The fraction of sp³-hybridized carbons (Fsp3) is 0.778. The van der Waals surface area contributed by atoms with Gasteiger partial charge in [-0.15, -0.1) is 0 Å². The average molecular weight is 335 g/mol. The maximum absolute atomic E-state index is 12.0. The second kappa shape index (κ2) is 11.1. The number of rotatable bonds is 11. The molecule has 6 nitrogen and oxygen atoms in total. The first-order valence-corrected chi connectivity index (χ1v) is 9.57. The molecule has 1 aromatic rings. The van der Waals surface area contributed by atoms with Crippen molar-refractivity contribution < 1.29 is 4.79 Å². The molecule has 1 aliphatic rings. The van der Waals surface area contributed by atoms with Crippen molar-refractivity contribution in [2.45, 2.75) is 64.2 Å². The highest BCUT2D eigenvalue weighted by Crippen LogP contribution is 2.26. The van der Waals surface area contributed by atoms with E-state index in [0.717, 1.165) is 50.5 Å². The minimum atomic E-state index is -0.0818. The van der Waals surface area contributed by atoms with E-state index in [2.05, 4.69) is 20.8 Å². The van der Waals surface area contributed by atoms with Gasteiger partial charge in [0.15, 0.2) is 0 Å². The third-order valence-electron chi connectivity index (χ3n) is 4.82. The molecule has 1 aliphatic carbocycles. The van der Waals surface area contributed by atoms with Gasteiger partial charge in [-0.05, 0) is 31.7 Å². The molecule has 1 heterocycles. The van der Waals surface area contributed by atoms with Crippen molar-refractivity contribution in [3.05, 3.63) is 11.8 Å². The third-order valence-corrected chi connectivity index (χ3v) is 4.82. The Balaban J connectivity index is 1.59. The van der Waals surface area contributed by atoms with Crippen LogP contribution in [-0.2, 0) is 0 Å². The van der Waals surface area contributed by atoms with Crippen LogP contribution in [0.3, 0.4) is 0 Å². The van der Waals surface area contributed by atoms with Crippen LogP contribution in [0.5, 0.6) is 0 Å². The zero-order valence-corrected chi connectivity index (χ0v) is 14.8. The van der Waals surface area contributed by atoms with Crippen LogP contribution in [0.2, 0.25) is 0 Å². The van der Waals surface area contributed by atoms with E-state index in [0.29, 0.717) is 12.2 Å². The van der Waals surface area contributed by atoms with Gasteiger partial charge < -0.3 is 16.4 Å². The van der Waals surface area contributed by atoms with E-state index in [1.54, 1.807) is 6.07 Å². The van der Waals surface area contributed by atoms with Crippen LogP contribution < -0.4 is 16.4 Å². The highest BCUT2D eigenvalue weighted by atomic mass is 16.1. The first-order chi connectivity index (χ1) is 11.8. The Kier molecular flexibility index (Phi) is 8.66. The quantitative estimate of drug-likeness (QED) is 0.467. The van der Waals surface area contributed by atoms with Gasteiger partial charge in [0, 0.05) is 19.2 Å². The van der Waals surface area contributed by atoms with Gasteiger partial charge in [-0.1, -0.05) is 44.9 Å². The maximum Gasteiger partial charge on any atom is 0.269 e. The van der Waals surface area contributed by atoms with Crippen LogP contribution in [0.15, 0.2) is 6.07 Å². The predicted molar refractivity (Wildman–Crippen MR) is 98.1 cm³/mol. The lowest BCUT2D eigenvalue weighted by atomic mass is 9.87. The zero-order valence-electron chi connectivity index (χ0n) is 14.8. The van der Waals surface area contributed by atoms with Gasteiger partial charge in [0.2, 0.25) is 0 Å². The van der Waals surface area contributed by atoms with Crippen molar-refractivity contribution in [2.24, 2.45) is 11.7 Å². The molecule has 0 bridgehead atoms. The molecule has 1 fully saturated rings. The van der Waals surface area contributed by atoms with E-state index in [9.17, 15) is 4.79 Å². The summed E-state index contributed by atoms with van der Waals surface area (Å²) in [6, 6.07) is 1.80. The maximum atomic E-state index is 12.0. The van der Waals surface area contributed by atoms with Gasteiger partial charge in [0.05, 0.1) is 0 Å². The second-order valence-electron chi connectivity index (χ2n) is 6.85. The summed E-state index contributed by atoms with van der Waals surface area (Å²) in [7, 11) is 0. The number of nitrogens with one attached hydrogen (secondary N) is 3. The number of carbonyl (C=O) groups excluding carboxylic acids is 1. The molecular weight excluding hydrogens is 302 g/mol. The second-order valence-corrected chi connectivity index (χ2v) is 6.85. The number of carbonyl (C=O) groups is 1. The normalized spacial score (nSPS) is 15.4. The third kappa shape index (κ3) is 6.91. The summed E-state index contributed by atoms with van der Waals surface area (Å²) in [5.74, 6) is 1.53. The van der Waals surface area contributed by atoms with E-state index in [1.165, 1.54) is 38.5 Å². The molecule has 1 amide bonds. The fourth-order valence-corrected chi connectivity index (χ4v) is 3.33. The van der Waals surface area contributed by atoms with Gasteiger partial charge in [0.25, 0.3) is 5.91 Å². The SMILES string of the molecule is NCCCCCCNC(=O)c1cc(NCCC2CCCCC2)n[nH]1. The number of aromatic nitrogens is 2. The van der Waals surface area contributed by atoms with E-state index < -0.39 is 0 Å². The number of hydrogen-bond acceptors (Lipinski definition) is 4. The Hall–Kier alpha value is -1.56. The Morgan fingerprint density at radius 3 is 2.75 bits per heavy atom. The van der Waals surface area contributed by atoms with Crippen LogP contribution in [0.4, 0.5) is 5.82 Å². The van der Waals surface area contributed by atoms with Crippen molar-refractivity contribution in [2.75, 3.05) is 25.0 Å². The Labute approximate surface area is 145 Å². The molecule has 136 valence electrons. The molecule has 5 N–H and O–H groups in total. The van der Waals surface area contributed by atoms with E-state index >= 15 is 0 Å². The molecule has 0 spiro atoms. The number of unbranched alkanes of at least 4 members (excludes halogenated alkanes) is 3. The molecule has 2 rings (SSSR count). The Morgan fingerprint density at radius 1 is 1.17 bits per heavy atom. The van der Waals surface area contributed by atoms with E-state index in [1.807, 2.05) is 0 Å². The lowest BCUT2D eigenvalue weighted by Gasteiger charge is -2.21. The summed E-state index contributed by atoms with van der Waals surface area (Å²) in [6.07, 6.45) is 12.4. The first kappa shape index (κ1) is 18.8. The van der Waals surface area contributed by atoms with Crippen molar-refractivity contribution in [1.29, 1.82) is 0 Å². The molecule has 0 saturated heterocycles. The molecule has 0 unspecified atom stereocenters. The molecule has 0 aliphatic heterocycles. The average Bonchev–Trinajstić information content (AvgIpc) is 3.08. The summed E-state index contributed by atoms with van der Waals surface area (Å²) < 4.78 is 0. The van der Waals surface area contributed by atoms with Crippen molar-refractivity contribution >= 4 is 11.7 Å². The van der Waals surface area contributed by atoms with Gasteiger partial charge in [-0.3, -0.25) is 9.89 Å². The number of nitrogens with zero attached hydrogens (tertiary/aromatic N) is 1. The molecule has 24 heavy (non-hydrogen) atoms. The van der Waals surface area contributed by atoms with Gasteiger partial charge in [-0.2, -0.15) is 5.10 Å². The van der Waals surface area contributed by atoms with Crippen LogP contribution in [0.1, 0.15) is 74.7 Å². The number of H-pyrrole nitrogens is 1. The Morgan fingerprint density at radius 2 is 1.96 bits per heavy atom. The first-order valence-electron chi connectivity index (χ1n) is 9.57. The number of nitrogens with two attached hydrogens (primary N) is 1. The lowest BCUT2D eigenvalue weighted by molar-refractivity contribution is 0.0948. The summed E-state index contributed by atoms with van der Waals surface area (Å²) in [5, 5.41) is 13.2. The molecule has 6 heteroatoms. The summed E-state index contributed by atoms with van der Waals surface area (Å²) in [4.78, 5) is 12.0. The fourth-order valence-electron chi connectivity index (χ4n) is 3.33. The molecule has 0 aromatic carbocycles. The van der Waals surface area contributed by atoms with Crippen molar-refractivity contribution in [3.63, 3.8) is 0 Å². The van der Waals surface area contributed by atoms with Crippen LogP contribution in [0.25, 0.3) is 0 Å². The summed E-state index contributed by atoms with van der Waals surface area (Å²) in [6.45, 7) is 2.38. The number of aromatic amines is 1. The highest BCUT2D eigenvalue weighted by Gasteiger charge is 2.13. The van der Waals surface area contributed by atoms with Crippen LogP contribution >= 0.6 is 0 Å². The minimum Gasteiger partial charge on any atom is -0.369 e. The number of hydrogen-bond donors (Lipinski definition) is 4. The molecule has 0 radical (unpaired) electrons. The van der Waals surface area contributed by atoms with E-state index in [4.69, 9.17) is 5.73 Å². The standard InChI is InChI=1S/C18H33N5O/c19-11-6-1-2-7-12-21-18(24)16-14-17(23-22-16)20-13-10-15-8-4-3-5-9-15/h14-15H,1-13,19H2,(H,21,24)(H2,20,22,23). The number of amides is 1. The highest BCUT2D eigenvalue weighted by molar-refractivity contribution is 5.92. The minimum absolute atomic E-state index is 0.0818. The molecule has 1 saturated carbocycles. The smallest absolute Gasteiger partial charge is 0.269 e. The van der Waals surface area contributed by atoms with Crippen molar-refractivity contribution in [1.82, 2.24) is 15.5 Å². The van der Waals surface area contributed by atoms with Crippen molar-refractivity contribution in [3.8, 4) is 0 Å². The Bertz CT molecular complexity index is 468. The van der Waals surface area contributed by atoms with E-state index in [-0.39, 0.29) is 5.91 Å². The van der Waals surface area contributed by atoms with Crippen LogP contribution in [-0.4, -0.2) is 35.7 Å². The number of anilines is 1. The van der Waals surface area contributed by atoms with Gasteiger partial charge in [-0.25, -0.2) is 0 Å². The summed E-state index contributed by atoms with van der Waals surface area (Å²) >= 11 is 0. The molecule has 0 atom stereocenters. The monoisotopic (exact) mass is 335 g/mol.